The van der Waals surface area contributed by atoms with Crippen molar-refractivity contribution in [3.63, 3.8) is 0 Å². The van der Waals surface area contributed by atoms with Crippen molar-refractivity contribution in [2.45, 2.75) is 13.0 Å². The number of carbonyl (C=O) groups is 1. The van der Waals surface area contributed by atoms with Crippen LogP contribution in [0.25, 0.3) is 0 Å². The van der Waals surface area contributed by atoms with Gasteiger partial charge in [-0.2, -0.15) is 0 Å². The van der Waals surface area contributed by atoms with Crippen LogP contribution in [0, 0.1) is 5.82 Å². The van der Waals surface area contributed by atoms with Gasteiger partial charge in [0.15, 0.2) is 0 Å². The Balaban J connectivity index is 1.29. The maximum Gasteiger partial charge on any atom is 0.236 e. The molecule has 4 rings (SSSR count). The molecule has 0 atom stereocenters. The number of hydrogen-bond donors (Lipinski definition) is 0. The van der Waals surface area contributed by atoms with Crippen molar-refractivity contribution in [1.82, 2.24) is 9.80 Å². The first-order valence-electron chi connectivity index (χ1n) is 9.26. The summed E-state index contributed by atoms with van der Waals surface area (Å²) < 4.78 is 13.1. The van der Waals surface area contributed by atoms with E-state index in [1.165, 1.54) is 23.3 Å². The third kappa shape index (κ3) is 3.73. The molecule has 2 aliphatic rings. The fraction of sp³-hybridized carbons (Fsp3) is 0.381. The number of fused-ring (bicyclic) bond motifs is 1. The Bertz CT molecular complexity index is 769. The summed E-state index contributed by atoms with van der Waals surface area (Å²) in [6.45, 7) is 5.32. The van der Waals surface area contributed by atoms with Crippen molar-refractivity contribution in [2.24, 2.45) is 0 Å². The van der Waals surface area contributed by atoms with E-state index in [1.807, 2.05) is 4.90 Å². The van der Waals surface area contributed by atoms with Crippen molar-refractivity contribution < 1.29 is 9.18 Å². The van der Waals surface area contributed by atoms with Crippen molar-refractivity contribution in [2.75, 3.05) is 44.2 Å². The molecule has 4 nitrogen and oxygen atoms in total. The molecule has 1 saturated heterocycles. The monoisotopic (exact) mass is 353 g/mol. The Kier molecular flexibility index (Phi) is 4.89. The minimum Gasteiger partial charge on any atom is -0.368 e. The van der Waals surface area contributed by atoms with Crippen LogP contribution >= 0.6 is 0 Å². The van der Waals surface area contributed by atoms with Gasteiger partial charge in [0, 0.05) is 45.0 Å². The van der Waals surface area contributed by atoms with Crippen LogP contribution in [-0.4, -0.2) is 55.0 Å². The number of benzene rings is 2. The van der Waals surface area contributed by atoms with Gasteiger partial charge in [0.2, 0.25) is 5.91 Å². The summed E-state index contributed by atoms with van der Waals surface area (Å²) in [5, 5.41) is 0. The van der Waals surface area contributed by atoms with Gasteiger partial charge in [-0.05, 0) is 41.8 Å². The highest BCUT2D eigenvalue weighted by atomic mass is 19.1. The van der Waals surface area contributed by atoms with Gasteiger partial charge in [-0.3, -0.25) is 9.69 Å². The number of nitrogens with zero attached hydrogens (tertiary/aromatic N) is 3. The number of carbonyl (C=O) groups excluding carboxylic acids is 1. The topological polar surface area (TPSA) is 26.8 Å². The lowest BCUT2D eigenvalue weighted by atomic mass is 10.00. The van der Waals surface area contributed by atoms with E-state index in [0.29, 0.717) is 6.54 Å². The van der Waals surface area contributed by atoms with E-state index in [-0.39, 0.29) is 11.7 Å². The van der Waals surface area contributed by atoms with Gasteiger partial charge in [0.05, 0.1) is 6.54 Å². The normalized spacial score (nSPS) is 17.9. The van der Waals surface area contributed by atoms with Gasteiger partial charge >= 0.3 is 0 Å². The van der Waals surface area contributed by atoms with Gasteiger partial charge in [-0.15, -0.1) is 0 Å². The minimum atomic E-state index is -0.217. The van der Waals surface area contributed by atoms with Crippen molar-refractivity contribution in [3.05, 3.63) is 65.5 Å². The average Bonchev–Trinajstić information content (AvgIpc) is 2.68. The van der Waals surface area contributed by atoms with E-state index in [1.54, 1.807) is 12.1 Å². The average molecular weight is 353 g/mol. The molecule has 2 aromatic rings. The van der Waals surface area contributed by atoms with Crippen molar-refractivity contribution >= 4 is 11.6 Å². The van der Waals surface area contributed by atoms with Crippen LogP contribution in [0.5, 0.6) is 0 Å². The molecule has 0 radical (unpaired) electrons. The quantitative estimate of drug-likeness (QED) is 0.848. The largest absolute Gasteiger partial charge is 0.368 e. The summed E-state index contributed by atoms with van der Waals surface area (Å²) >= 11 is 0. The minimum absolute atomic E-state index is 0.211. The van der Waals surface area contributed by atoms with Gasteiger partial charge in [0.1, 0.15) is 5.82 Å². The van der Waals surface area contributed by atoms with E-state index in [0.717, 1.165) is 51.4 Å². The third-order valence-electron chi connectivity index (χ3n) is 5.39. The molecule has 1 amide bonds. The number of rotatable bonds is 3. The van der Waals surface area contributed by atoms with Crippen LogP contribution in [0.15, 0.2) is 48.5 Å². The summed E-state index contributed by atoms with van der Waals surface area (Å²) in [4.78, 5) is 19.1. The van der Waals surface area contributed by atoms with Crippen LogP contribution in [0.2, 0.25) is 0 Å². The lowest BCUT2D eigenvalue weighted by Gasteiger charge is -2.37. The van der Waals surface area contributed by atoms with Gasteiger partial charge in [-0.1, -0.05) is 24.3 Å². The Morgan fingerprint density at radius 2 is 1.58 bits per heavy atom. The van der Waals surface area contributed by atoms with Crippen LogP contribution in [0.1, 0.15) is 11.1 Å². The second kappa shape index (κ2) is 7.46. The first-order valence-corrected chi connectivity index (χ1v) is 9.26. The third-order valence-corrected chi connectivity index (χ3v) is 5.39. The maximum atomic E-state index is 13.1. The molecular formula is C21H24FN3O. The molecule has 26 heavy (non-hydrogen) atoms. The smallest absolute Gasteiger partial charge is 0.236 e. The predicted molar refractivity (Wildman–Crippen MR) is 101 cm³/mol. The second-order valence-corrected chi connectivity index (χ2v) is 7.07. The van der Waals surface area contributed by atoms with Crippen LogP contribution < -0.4 is 4.90 Å². The number of piperazine rings is 1. The van der Waals surface area contributed by atoms with Crippen LogP contribution in [0.3, 0.4) is 0 Å². The van der Waals surface area contributed by atoms with Gasteiger partial charge in [0.25, 0.3) is 0 Å². The van der Waals surface area contributed by atoms with Crippen LogP contribution in [0.4, 0.5) is 10.1 Å². The number of halogens is 1. The highest BCUT2D eigenvalue weighted by Crippen LogP contribution is 2.19. The lowest BCUT2D eigenvalue weighted by molar-refractivity contribution is -0.132. The first-order chi connectivity index (χ1) is 12.7. The van der Waals surface area contributed by atoms with Gasteiger partial charge in [-0.25, -0.2) is 4.39 Å². The Morgan fingerprint density at radius 3 is 2.31 bits per heavy atom. The van der Waals surface area contributed by atoms with E-state index in [9.17, 15) is 9.18 Å². The Hall–Kier alpha value is -2.40. The second-order valence-electron chi connectivity index (χ2n) is 7.07. The van der Waals surface area contributed by atoms with E-state index < -0.39 is 0 Å². The molecule has 0 aromatic heterocycles. The standard InChI is InChI=1S/C21H24FN3O/c22-19-5-7-20(8-6-19)24-11-13-25(14-12-24)21(26)16-23-10-9-17-3-1-2-4-18(17)15-23/h1-8H,9-16H2. The van der Waals surface area contributed by atoms with Crippen molar-refractivity contribution in [1.29, 1.82) is 0 Å². The molecule has 0 saturated carbocycles. The van der Waals surface area contributed by atoms with Crippen LogP contribution in [-0.2, 0) is 17.8 Å². The summed E-state index contributed by atoms with van der Waals surface area (Å²) in [5.41, 5.74) is 3.77. The molecule has 2 aromatic carbocycles. The molecule has 0 N–H and O–H groups in total. The number of hydrogen-bond acceptors (Lipinski definition) is 3. The van der Waals surface area contributed by atoms with E-state index in [2.05, 4.69) is 34.1 Å². The Labute approximate surface area is 153 Å². The highest BCUT2D eigenvalue weighted by molar-refractivity contribution is 5.78. The fourth-order valence-electron chi connectivity index (χ4n) is 3.85. The van der Waals surface area contributed by atoms with Gasteiger partial charge < -0.3 is 9.80 Å². The molecule has 2 heterocycles. The molecule has 1 fully saturated rings. The van der Waals surface area contributed by atoms with Crippen molar-refractivity contribution in [3.8, 4) is 0 Å². The Morgan fingerprint density at radius 1 is 0.885 bits per heavy atom. The zero-order valence-electron chi connectivity index (χ0n) is 14.9. The van der Waals surface area contributed by atoms with E-state index >= 15 is 0 Å². The first kappa shape index (κ1) is 17.0. The van der Waals surface area contributed by atoms with E-state index in [4.69, 9.17) is 0 Å². The molecular weight excluding hydrogens is 329 g/mol. The summed E-state index contributed by atoms with van der Waals surface area (Å²) in [6.07, 6.45) is 1.02. The molecule has 2 aliphatic heterocycles. The molecule has 0 bridgehead atoms. The zero-order valence-corrected chi connectivity index (χ0v) is 14.9. The summed E-state index contributed by atoms with van der Waals surface area (Å²) in [6, 6.07) is 15.1. The predicted octanol–water partition coefficient (Wildman–Crippen LogP) is 2.53. The zero-order chi connectivity index (χ0) is 17.9. The fourth-order valence-corrected chi connectivity index (χ4v) is 3.85. The molecule has 136 valence electrons. The highest BCUT2D eigenvalue weighted by Gasteiger charge is 2.24. The maximum absolute atomic E-state index is 13.1. The summed E-state index contributed by atoms with van der Waals surface area (Å²) in [5.74, 6) is -0.00574. The molecule has 0 aliphatic carbocycles. The summed E-state index contributed by atoms with van der Waals surface area (Å²) in [7, 11) is 0. The number of amides is 1. The number of anilines is 1. The lowest BCUT2D eigenvalue weighted by Crippen LogP contribution is -2.51. The molecule has 5 heteroatoms. The SMILES string of the molecule is O=C(CN1CCc2ccccc2C1)N1CCN(c2ccc(F)cc2)CC1. The molecule has 0 spiro atoms. The molecule has 0 unspecified atom stereocenters.